The summed E-state index contributed by atoms with van der Waals surface area (Å²) < 4.78 is 1.81. The minimum Gasteiger partial charge on any atom is -0.390 e. The molecule has 0 aromatic carbocycles. The van der Waals surface area contributed by atoms with Crippen molar-refractivity contribution in [1.82, 2.24) is 9.55 Å². The monoisotopic (exact) mass is 156 g/mol. The summed E-state index contributed by atoms with van der Waals surface area (Å²) in [4.78, 5) is 3.93. The van der Waals surface area contributed by atoms with Crippen LogP contribution in [0.25, 0.3) is 0 Å². The van der Waals surface area contributed by atoms with Crippen LogP contribution in [-0.2, 0) is 19.8 Å². The van der Waals surface area contributed by atoms with Gasteiger partial charge in [-0.25, -0.2) is 4.98 Å². The van der Waals surface area contributed by atoms with Crippen LogP contribution < -0.4 is 0 Å². The number of imidazole rings is 1. The van der Waals surface area contributed by atoms with E-state index in [1.807, 2.05) is 11.5 Å². The normalized spacial score (nSPS) is 10.5. The average molecular weight is 156 g/mol. The summed E-state index contributed by atoms with van der Waals surface area (Å²) in [6.45, 7) is 2.55. The molecule has 0 fully saturated rings. The van der Waals surface area contributed by atoms with Gasteiger partial charge in [-0.3, -0.25) is 0 Å². The minimum absolute atomic E-state index is 0.0657. The van der Waals surface area contributed by atoms with E-state index in [0.717, 1.165) is 6.54 Å². The van der Waals surface area contributed by atoms with Crippen LogP contribution in [0.1, 0.15) is 18.3 Å². The SMILES string of the molecule is CCn1cnc(CO)c1CO. The first-order valence-electron chi connectivity index (χ1n) is 3.58. The molecule has 1 heterocycles. The molecule has 0 aliphatic heterocycles. The van der Waals surface area contributed by atoms with Gasteiger partial charge in [0.15, 0.2) is 0 Å². The molecule has 62 valence electrons. The van der Waals surface area contributed by atoms with Gasteiger partial charge in [-0.05, 0) is 6.92 Å². The first-order chi connectivity index (χ1) is 5.33. The second-order valence-corrected chi connectivity index (χ2v) is 2.24. The lowest BCUT2D eigenvalue weighted by Gasteiger charge is -2.01. The summed E-state index contributed by atoms with van der Waals surface area (Å²) in [5, 5.41) is 17.6. The van der Waals surface area contributed by atoms with Gasteiger partial charge in [-0.2, -0.15) is 0 Å². The zero-order valence-electron chi connectivity index (χ0n) is 6.49. The van der Waals surface area contributed by atoms with Crippen molar-refractivity contribution in [2.45, 2.75) is 26.7 Å². The predicted octanol–water partition coefficient (Wildman–Crippen LogP) is -0.112. The van der Waals surface area contributed by atoms with Crippen molar-refractivity contribution < 1.29 is 10.2 Å². The number of nitrogens with zero attached hydrogens (tertiary/aromatic N) is 2. The lowest BCUT2D eigenvalue weighted by molar-refractivity contribution is 0.250. The molecule has 1 aromatic heterocycles. The molecule has 0 spiro atoms. The second kappa shape index (κ2) is 3.50. The zero-order valence-corrected chi connectivity index (χ0v) is 6.49. The maximum Gasteiger partial charge on any atom is 0.0953 e. The fraction of sp³-hybridized carbons (Fsp3) is 0.571. The molecule has 0 amide bonds. The fourth-order valence-corrected chi connectivity index (χ4v) is 1.04. The van der Waals surface area contributed by atoms with E-state index in [2.05, 4.69) is 4.98 Å². The van der Waals surface area contributed by atoms with Crippen molar-refractivity contribution in [3.63, 3.8) is 0 Å². The molecule has 0 aliphatic carbocycles. The van der Waals surface area contributed by atoms with Gasteiger partial charge in [0.25, 0.3) is 0 Å². The number of aliphatic hydroxyl groups excluding tert-OH is 2. The Kier molecular flexibility index (Phi) is 2.62. The highest BCUT2D eigenvalue weighted by Crippen LogP contribution is 2.06. The molecular formula is C7H12N2O2. The first-order valence-corrected chi connectivity index (χ1v) is 3.58. The maximum atomic E-state index is 8.88. The Balaban J connectivity index is 2.99. The summed E-state index contributed by atoms with van der Waals surface area (Å²) in [7, 11) is 0. The van der Waals surface area contributed by atoms with E-state index in [9.17, 15) is 0 Å². The van der Waals surface area contributed by atoms with Crippen molar-refractivity contribution in [1.29, 1.82) is 0 Å². The van der Waals surface area contributed by atoms with E-state index >= 15 is 0 Å². The highest BCUT2D eigenvalue weighted by molar-refractivity contribution is 5.10. The molecule has 0 bridgehead atoms. The largest absolute Gasteiger partial charge is 0.390 e. The smallest absolute Gasteiger partial charge is 0.0953 e. The van der Waals surface area contributed by atoms with Crippen LogP contribution in [0.15, 0.2) is 6.33 Å². The summed E-state index contributed by atoms with van der Waals surface area (Å²) in [6.07, 6.45) is 1.62. The third kappa shape index (κ3) is 1.41. The van der Waals surface area contributed by atoms with E-state index in [1.165, 1.54) is 0 Å². The van der Waals surface area contributed by atoms with Crippen LogP contribution in [0.4, 0.5) is 0 Å². The first kappa shape index (κ1) is 8.23. The standard InChI is InChI=1S/C7H12N2O2/c1-2-9-5-8-6(3-10)7(9)4-11/h5,10-11H,2-4H2,1H3. The molecule has 0 radical (unpaired) electrons. The number of aryl methyl sites for hydroxylation is 1. The molecule has 11 heavy (non-hydrogen) atoms. The van der Waals surface area contributed by atoms with Gasteiger partial charge in [0.1, 0.15) is 0 Å². The quantitative estimate of drug-likeness (QED) is 0.641. The van der Waals surface area contributed by atoms with E-state index < -0.39 is 0 Å². The molecule has 1 aromatic rings. The summed E-state index contributed by atoms with van der Waals surface area (Å²) in [5.74, 6) is 0. The van der Waals surface area contributed by atoms with E-state index in [4.69, 9.17) is 10.2 Å². The van der Waals surface area contributed by atoms with Gasteiger partial charge >= 0.3 is 0 Å². The van der Waals surface area contributed by atoms with Crippen LogP contribution in [0.5, 0.6) is 0 Å². The Morgan fingerprint density at radius 2 is 2.18 bits per heavy atom. The topological polar surface area (TPSA) is 58.3 Å². The highest BCUT2D eigenvalue weighted by Gasteiger charge is 2.06. The molecular weight excluding hydrogens is 144 g/mol. The van der Waals surface area contributed by atoms with Gasteiger partial charge in [-0.1, -0.05) is 0 Å². The van der Waals surface area contributed by atoms with Gasteiger partial charge in [0.2, 0.25) is 0 Å². The average Bonchev–Trinajstić information content (AvgIpc) is 2.45. The zero-order chi connectivity index (χ0) is 8.27. The molecule has 0 aliphatic rings. The van der Waals surface area contributed by atoms with E-state index in [0.29, 0.717) is 11.4 Å². The summed E-state index contributed by atoms with van der Waals surface area (Å²) in [6, 6.07) is 0. The van der Waals surface area contributed by atoms with Gasteiger partial charge in [-0.15, -0.1) is 0 Å². The number of aliphatic hydroxyl groups is 2. The molecule has 0 saturated heterocycles. The van der Waals surface area contributed by atoms with Crippen molar-refractivity contribution in [3.05, 3.63) is 17.7 Å². The summed E-state index contributed by atoms with van der Waals surface area (Å²) in [5.41, 5.74) is 1.27. The molecule has 1 rings (SSSR count). The predicted molar refractivity (Wildman–Crippen MR) is 39.7 cm³/mol. The molecule has 2 N–H and O–H groups in total. The fourth-order valence-electron chi connectivity index (χ4n) is 1.04. The molecule has 0 unspecified atom stereocenters. The summed E-state index contributed by atoms with van der Waals surface area (Å²) >= 11 is 0. The Hall–Kier alpha value is -0.870. The Labute approximate surface area is 65.1 Å². The van der Waals surface area contributed by atoms with Crippen LogP contribution >= 0.6 is 0 Å². The third-order valence-electron chi connectivity index (χ3n) is 1.67. The number of hydrogen-bond donors (Lipinski definition) is 2. The van der Waals surface area contributed by atoms with Gasteiger partial charge < -0.3 is 14.8 Å². The van der Waals surface area contributed by atoms with Gasteiger partial charge in [0.05, 0.1) is 30.9 Å². The molecule has 4 heteroatoms. The number of aromatic nitrogens is 2. The number of hydrogen-bond acceptors (Lipinski definition) is 3. The van der Waals surface area contributed by atoms with Gasteiger partial charge in [0, 0.05) is 6.54 Å². The third-order valence-corrected chi connectivity index (χ3v) is 1.67. The molecule has 4 nitrogen and oxygen atoms in total. The van der Waals surface area contributed by atoms with Crippen molar-refractivity contribution in [3.8, 4) is 0 Å². The second-order valence-electron chi connectivity index (χ2n) is 2.24. The van der Waals surface area contributed by atoms with Crippen molar-refractivity contribution >= 4 is 0 Å². The van der Waals surface area contributed by atoms with E-state index in [-0.39, 0.29) is 13.2 Å². The van der Waals surface area contributed by atoms with Crippen molar-refractivity contribution in [2.24, 2.45) is 0 Å². The Bertz CT molecular complexity index is 211. The van der Waals surface area contributed by atoms with E-state index in [1.54, 1.807) is 6.33 Å². The lowest BCUT2D eigenvalue weighted by Crippen LogP contribution is -2.01. The van der Waals surface area contributed by atoms with Crippen molar-refractivity contribution in [2.75, 3.05) is 0 Å². The number of rotatable bonds is 3. The minimum atomic E-state index is -0.108. The van der Waals surface area contributed by atoms with Crippen LogP contribution in [0, 0.1) is 0 Å². The van der Waals surface area contributed by atoms with Crippen LogP contribution in [0.2, 0.25) is 0 Å². The van der Waals surface area contributed by atoms with Crippen LogP contribution in [-0.4, -0.2) is 19.8 Å². The lowest BCUT2D eigenvalue weighted by atomic mass is 10.3. The van der Waals surface area contributed by atoms with Crippen LogP contribution in [0.3, 0.4) is 0 Å². The Morgan fingerprint density at radius 1 is 1.45 bits per heavy atom. The highest BCUT2D eigenvalue weighted by atomic mass is 16.3. The Morgan fingerprint density at radius 3 is 2.64 bits per heavy atom. The molecule has 0 saturated carbocycles. The maximum absolute atomic E-state index is 8.88. The molecule has 0 atom stereocenters.